The van der Waals surface area contributed by atoms with Crippen molar-refractivity contribution in [2.75, 3.05) is 13.7 Å². The van der Waals surface area contributed by atoms with Gasteiger partial charge in [0.15, 0.2) is 0 Å². The average Bonchev–Trinajstić information content (AvgIpc) is 2.49. The molecule has 2 aromatic carbocycles. The number of aryl methyl sites for hydroxylation is 1. The minimum atomic E-state index is -1.27. The highest BCUT2D eigenvalue weighted by atomic mass is 32.2. The van der Waals surface area contributed by atoms with Gasteiger partial charge in [-0.3, -0.25) is 0 Å². The summed E-state index contributed by atoms with van der Waals surface area (Å²) in [4.78, 5) is 0.815. The minimum absolute atomic E-state index is 0.342. The van der Waals surface area contributed by atoms with Gasteiger partial charge in [0.1, 0.15) is 11.0 Å². The number of benzene rings is 2. The number of fused-ring (bicyclic) bond motifs is 1. The Morgan fingerprint density at radius 2 is 1.68 bits per heavy atom. The number of hydrogen-bond acceptors (Lipinski definition) is 2. The summed E-state index contributed by atoms with van der Waals surface area (Å²) in [7, 11) is 0.379. The molecular weight excluding hydrogens is 294 g/mol. The average molecular weight is 321 g/mol. The molecule has 4 heteroatoms. The highest BCUT2D eigenvalue weighted by Gasteiger charge is 2.21. The van der Waals surface area contributed by atoms with Crippen LogP contribution in [0.15, 0.2) is 41.3 Å². The molecule has 0 saturated heterocycles. The Kier molecular flexibility index (Phi) is 7.20. The summed E-state index contributed by atoms with van der Waals surface area (Å²) in [5, 5.41) is 2.18. The van der Waals surface area contributed by atoms with E-state index in [-0.39, 0.29) is 5.54 Å². The van der Waals surface area contributed by atoms with Crippen LogP contribution < -0.4 is 4.72 Å². The molecule has 0 heterocycles. The van der Waals surface area contributed by atoms with Crippen LogP contribution in [0, 0.1) is 6.92 Å². The first kappa shape index (κ1) is 18.8. The Bertz CT molecular complexity index is 638. The van der Waals surface area contributed by atoms with Crippen molar-refractivity contribution in [3.8, 4) is 0 Å². The summed E-state index contributed by atoms with van der Waals surface area (Å²) in [6, 6.07) is 12.0. The molecule has 0 saturated carbocycles. The van der Waals surface area contributed by atoms with Crippen LogP contribution in [0.2, 0.25) is 0 Å². The van der Waals surface area contributed by atoms with E-state index in [2.05, 4.69) is 17.7 Å². The number of rotatable bonds is 5. The molecule has 0 aromatic heterocycles. The van der Waals surface area contributed by atoms with Gasteiger partial charge < -0.3 is 4.74 Å². The lowest BCUT2D eigenvalue weighted by Gasteiger charge is -2.24. The lowest BCUT2D eigenvalue weighted by atomic mass is 10.1. The van der Waals surface area contributed by atoms with E-state index in [1.165, 1.54) is 5.56 Å². The second-order valence-electron chi connectivity index (χ2n) is 5.61. The summed E-state index contributed by atoms with van der Waals surface area (Å²) in [5.74, 6) is 0. The SMILES string of the molecule is CC.COCC(C)(C)NS(=O)c1ccc(C)c2ccccc12. The normalized spacial score (nSPS) is 12.6. The van der Waals surface area contributed by atoms with Crippen LogP contribution >= 0.6 is 0 Å². The van der Waals surface area contributed by atoms with Crippen molar-refractivity contribution in [2.45, 2.75) is 45.1 Å². The minimum Gasteiger partial charge on any atom is -0.383 e. The predicted octanol–water partition coefficient (Wildman–Crippen LogP) is 4.21. The standard InChI is InChI=1S/C16H21NO2S.C2H6/c1-12-9-10-15(14-8-6-5-7-13(12)14)20(18)17-16(2,3)11-19-4;1-2/h5-10,17H,11H2,1-4H3;1-2H3. The van der Waals surface area contributed by atoms with Crippen molar-refractivity contribution in [1.82, 2.24) is 4.72 Å². The van der Waals surface area contributed by atoms with Crippen molar-refractivity contribution >= 4 is 21.8 Å². The van der Waals surface area contributed by atoms with Gasteiger partial charge in [0.25, 0.3) is 0 Å². The second-order valence-corrected chi connectivity index (χ2v) is 6.80. The van der Waals surface area contributed by atoms with Crippen molar-refractivity contribution < 1.29 is 8.95 Å². The van der Waals surface area contributed by atoms with E-state index in [1.54, 1.807) is 7.11 Å². The van der Waals surface area contributed by atoms with E-state index >= 15 is 0 Å². The maximum atomic E-state index is 12.6. The zero-order chi connectivity index (χ0) is 16.8. The van der Waals surface area contributed by atoms with Crippen LogP contribution in [0.25, 0.3) is 10.8 Å². The van der Waals surface area contributed by atoms with Crippen LogP contribution in [0.1, 0.15) is 33.3 Å². The Hall–Kier alpha value is -1.23. The molecule has 122 valence electrons. The van der Waals surface area contributed by atoms with Gasteiger partial charge in [-0.15, -0.1) is 0 Å². The molecule has 3 nitrogen and oxygen atoms in total. The molecule has 0 bridgehead atoms. The van der Waals surface area contributed by atoms with E-state index in [0.717, 1.165) is 15.7 Å². The zero-order valence-electron chi connectivity index (χ0n) is 14.4. The predicted molar refractivity (Wildman–Crippen MR) is 95.5 cm³/mol. The number of ether oxygens (including phenoxy) is 1. The number of methoxy groups -OCH3 is 1. The molecule has 0 amide bonds. The quantitative estimate of drug-likeness (QED) is 0.896. The number of nitrogens with one attached hydrogen (secondary N) is 1. The molecule has 0 radical (unpaired) electrons. The van der Waals surface area contributed by atoms with Crippen molar-refractivity contribution in [1.29, 1.82) is 0 Å². The summed E-state index contributed by atoms with van der Waals surface area (Å²) in [5.41, 5.74) is 0.850. The Balaban J connectivity index is 0.00000116. The molecule has 1 atom stereocenters. The molecule has 0 spiro atoms. The van der Waals surface area contributed by atoms with E-state index in [4.69, 9.17) is 4.74 Å². The highest BCUT2D eigenvalue weighted by molar-refractivity contribution is 7.83. The third kappa shape index (κ3) is 4.63. The summed E-state index contributed by atoms with van der Waals surface area (Å²) < 4.78 is 20.9. The van der Waals surface area contributed by atoms with Gasteiger partial charge in [-0.25, -0.2) is 8.93 Å². The zero-order valence-corrected chi connectivity index (χ0v) is 15.2. The molecular formula is C18H27NO2S. The van der Waals surface area contributed by atoms with Crippen molar-refractivity contribution in [3.05, 3.63) is 42.0 Å². The number of hydrogen-bond donors (Lipinski definition) is 1. The first-order valence-electron chi connectivity index (χ1n) is 7.61. The van der Waals surface area contributed by atoms with Gasteiger partial charge in [-0.2, -0.15) is 0 Å². The summed E-state index contributed by atoms with van der Waals surface area (Å²) in [6.45, 7) is 10.5. The Morgan fingerprint density at radius 1 is 1.09 bits per heavy atom. The highest BCUT2D eigenvalue weighted by Crippen LogP contribution is 2.25. The molecule has 22 heavy (non-hydrogen) atoms. The molecule has 0 aliphatic rings. The molecule has 0 aliphatic heterocycles. The van der Waals surface area contributed by atoms with E-state index in [1.807, 2.05) is 58.0 Å². The third-order valence-corrected chi connectivity index (χ3v) is 4.67. The largest absolute Gasteiger partial charge is 0.383 e. The third-order valence-electron chi connectivity index (χ3n) is 3.18. The Labute approximate surface area is 136 Å². The molecule has 0 aliphatic carbocycles. The van der Waals surface area contributed by atoms with Gasteiger partial charge >= 0.3 is 0 Å². The fraction of sp³-hybridized carbons (Fsp3) is 0.444. The van der Waals surface area contributed by atoms with Crippen molar-refractivity contribution in [2.24, 2.45) is 0 Å². The lowest BCUT2D eigenvalue weighted by Crippen LogP contribution is -2.44. The first-order valence-corrected chi connectivity index (χ1v) is 8.76. The second kappa shape index (κ2) is 8.42. The van der Waals surface area contributed by atoms with Gasteiger partial charge in [0.05, 0.1) is 11.5 Å². The van der Waals surface area contributed by atoms with Gasteiger partial charge in [-0.05, 0) is 43.2 Å². The summed E-state index contributed by atoms with van der Waals surface area (Å²) >= 11 is 0. The molecule has 2 rings (SSSR count). The van der Waals surface area contributed by atoms with Gasteiger partial charge in [0.2, 0.25) is 0 Å². The van der Waals surface area contributed by atoms with Crippen LogP contribution in [0.3, 0.4) is 0 Å². The lowest BCUT2D eigenvalue weighted by molar-refractivity contribution is 0.142. The smallest absolute Gasteiger partial charge is 0.126 e. The topological polar surface area (TPSA) is 38.3 Å². The Morgan fingerprint density at radius 3 is 2.27 bits per heavy atom. The fourth-order valence-electron chi connectivity index (χ4n) is 2.28. The van der Waals surface area contributed by atoms with Crippen LogP contribution in [0.4, 0.5) is 0 Å². The monoisotopic (exact) mass is 321 g/mol. The maximum Gasteiger partial charge on any atom is 0.126 e. The van der Waals surface area contributed by atoms with E-state index in [0.29, 0.717) is 6.61 Å². The summed E-state index contributed by atoms with van der Waals surface area (Å²) in [6.07, 6.45) is 0. The van der Waals surface area contributed by atoms with E-state index in [9.17, 15) is 4.21 Å². The van der Waals surface area contributed by atoms with Crippen LogP contribution in [0.5, 0.6) is 0 Å². The van der Waals surface area contributed by atoms with E-state index < -0.39 is 11.0 Å². The van der Waals surface area contributed by atoms with Gasteiger partial charge in [0, 0.05) is 12.6 Å². The maximum absolute atomic E-state index is 12.6. The van der Waals surface area contributed by atoms with Crippen LogP contribution in [-0.2, 0) is 15.7 Å². The van der Waals surface area contributed by atoms with Crippen LogP contribution in [-0.4, -0.2) is 23.5 Å². The van der Waals surface area contributed by atoms with Crippen molar-refractivity contribution in [3.63, 3.8) is 0 Å². The molecule has 1 N–H and O–H groups in total. The first-order chi connectivity index (χ1) is 10.4. The molecule has 2 aromatic rings. The fourth-order valence-corrected chi connectivity index (χ4v) is 3.52. The molecule has 0 fully saturated rings. The molecule has 1 unspecified atom stereocenters. The van der Waals surface area contributed by atoms with Gasteiger partial charge in [-0.1, -0.05) is 44.2 Å².